The standard InChI is InChI=1S/C25H29FN6O2S/c1-25(2,3)29-22-21(17-9-11-19(34-5)12-10-17)28-23-32(22)30-24(35-23)31(4)15-20(33)27-14-16-7-6-8-18(26)13-16/h6-13,29H,14-15H2,1-5H3,(H,27,33). The van der Waals surface area contributed by atoms with Gasteiger partial charge in [0.25, 0.3) is 0 Å². The van der Waals surface area contributed by atoms with Gasteiger partial charge < -0.3 is 20.3 Å². The van der Waals surface area contributed by atoms with Crippen LogP contribution in [-0.2, 0) is 11.3 Å². The minimum atomic E-state index is -0.325. The predicted octanol–water partition coefficient (Wildman–Crippen LogP) is 4.57. The summed E-state index contributed by atoms with van der Waals surface area (Å²) >= 11 is 1.40. The Bertz CT molecular complexity index is 1330. The van der Waals surface area contributed by atoms with Gasteiger partial charge in [0.1, 0.15) is 17.3 Å². The zero-order valence-corrected chi connectivity index (χ0v) is 21.2. The molecule has 0 unspecified atom stereocenters. The maximum absolute atomic E-state index is 13.4. The lowest BCUT2D eigenvalue weighted by Gasteiger charge is -2.22. The largest absolute Gasteiger partial charge is 0.497 e. The van der Waals surface area contributed by atoms with E-state index in [-0.39, 0.29) is 30.4 Å². The number of nitrogens with one attached hydrogen (secondary N) is 2. The predicted molar refractivity (Wildman–Crippen MR) is 138 cm³/mol. The second kappa shape index (κ2) is 9.91. The van der Waals surface area contributed by atoms with E-state index in [1.807, 2.05) is 24.3 Å². The first kappa shape index (κ1) is 24.5. The molecule has 0 fully saturated rings. The van der Waals surface area contributed by atoms with Crippen LogP contribution in [0.25, 0.3) is 16.2 Å². The Morgan fingerprint density at radius 2 is 1.94 bits per heavy atom. The zero-order valence-electron chi connectivity index (χ0n) is 20.4. The van der Waals surface area contributed by atoms with Crippen molar-refractivity contribution in [1.29, 1.82) is 0 Å². The van der Waals surface area contributed by atoms with Crippen LogP contribution in [0.4, 0.5) is 15.3 Å². The monoisotopic (exact) mass is 496 g/mol. The van der Waals surface area contributed by atoms with Gasteiger partial charge in [0.15, 0.2) is 5.82 Å². The highest BCUT2D eigenvalue weighted by Gasteiger charge is 2.23. The van der Waals surface area contributed by atoms with E-state index in [1.54, 1.807) is 35.7 Å². The van der Waals surface area contributed by atoms with Crippen molar-refractivity contribution in [2.24, 2.45) is 0 Å². The molecular formula is C25H29FN6O2S. The maximum Gasteiger partial charge on any atom is 0.239 e. The number of rotatable bonds is 8. The number of aromatic nitrogens is 3. The third-order valence-electron chi connectivity index (χ3n) is 5.14. The topological polar surface area (TPSA) is 83.8 Å². The van der Waals surface area contributed by atoms with Crippen molar-refractivity contribution in [1.82, 2.24) is 19.9 Å². The van der Waals surface area contributed by atoms with E-state index in [0.29, 0.717) is 15.7 Å². The van der Waals surface area contributed by atoms with Crippen LogP contribution in [0.5, 0.6) is 5.75 Å². The molecule has 0 atom stereocenters. The SMILES string of the molecule is COc1ccc(-c2nc3sc(N(C)CC(=O)NCc4cccc(F)c4)nn3c2NC(C)(C)C)cc1. The van der Waals surface area contributed by atoms with E-state index < -0.39 is 0 Å². The van der Waals surface area contributed by atoms with Crippen molar-refractivity contribution in [3.63, 3.8) is 0 Å². The lowest BCUT2D eigenvalue weighted by Crippen LogP contribution is -2.34. The Hall–Kier alpha value is -3.66. The fraction of sp³-hybridized carbons (Fsp3) is 0.320. The van der Waals surface area contributed by atoms with Gasteiger partial charge in [0, 0.05) is 24.7 Å². The molecule has 4 aromatic rings. The summed E-state index contributed by atoms with van der Waals surface area (Å²) in [6, 6.07) is 13.9. The molecule has 0 aliphatic heterocycles. The maximum atomic E-state index is 13.4. The van der Waals surface area contributed by atoms with Gasteiger partial charge in [-0.15, -0.1) is 5.10 Å². The van der Waals surface area contributed by atoms with Gasteiger partial charge in [-0.2, -0.15) is 4.52 Å². The smallest absolute Gasteiger partial charge is 0.239 e. The number of amides is 1. The summed E-state index contributed by atoms with van der Waals surface area (Å²) in [6.07, 6.45) is 0. The Labute approximate surface area is 207 Å². The highest BCUT2D eigenvalue weighted by atomic mass is 32.1. The van der Waals surface area contributed by atoms with Crippen molar-refractivity contribution in [3.8, 4) is 17.0 Å². The minimum Gasteiger partial charge on any atom is -0.497 e. The van der Waals surface area contributed by atoms with Crippen molar-refractivity contribution >= 4 is 33.2 Å². The number of imidazole rings is 1. The molecule has 8 nitrogen and oxygen atoms in total. The van der Waals surface area contributed by atoms with Gasteiger partial charge in [-0.25, -0.2) is 9.37 Å². The van der Waals surface area contributed by atoms with Crippen LogP contribution in [0, 0.1) is 5.82 Å². The van der Waals surface area contributed by atoms with E-state index in [1.165, 1.54) is 23.5 Å². The number of benzene rings is 2. The third-order valence-corrected chi connectivity index (χ3v) is 6.16. The molecule has 0 spiro atoms. The fourth-order valence-electron chi connectivity index (χ4n) is 3.50. The zero-order chi connectivity index (χ0) is 25.2. The van der Waals surface area contributed by atoms with Gasteiger partial charge in [-0.05, 0) is 62.7 Å². The Kier molecular flexibility index (Phi) is 6.93. The first-order valence-corrected chi connectivity index (χ1v) is 12.0. The summed E-state index contributed by atoms with van der Waals surface area (Å²) in [7, 11) is 3.44. The normalized spacial score (nSPS) is 11.5. The van der Waals surface area contributed by atoms with Crippen LogP contribution in [-0.4, -0.2) is 46.7 Å². The van der Waals surface area contributed by atoms with E-state index in [2.05, 4.69) is 31.4 Å². The Morgan fingerprint density at radius 3 is 2.60 bits per heavy atom. The van der Waals surface area contributed by atoms with Crippen LogP contribution >= 0.6 is 11.3 Å². The molecule has 0 radical (unpaired) electrons. The Morgan fingerprint density at radius 1 is 1.20 bits per heavy atom. The highest BCUT2D eigenvalue weighted by Crippen LogP contribution is 2.35. The van der Waals surface area contributed by atoms with Gasteiger partial charge in [0.2, 0.25) is 16.0 Å². The number of fused-ring (bicyclic) bond motifs is 1. The summed E-state index contributed by atoms with van der Waals surface area (Å²) in [4.78, 5) is 19.8. The Balaban J connectivity index is 1.54. The van der Waals surface area contributed by atoms with Gasteiger partial charge in [-0.3, -0.25) is 4.79 Å². The van der Waals surface area contributed by atoms with Gasteiger partial charge in [-0.1, -0.05) is 23.5 Å². The molecule has 4 rings (SSSR count). The lowest BCUT2D eigenvalue weighted by atomic mass is 10.1. The van der Waals surface area contributed by atoms with Crippen LogP contribution in [0.3, 0.4) is 0 Å². The van der Waals surface area contributed by atoms with Crippen molar-refractivity contribution in [3.05, 3.63) is 59.9 Å². The molecule has 10 heteroatoms. The summed E-state index contributed by atoms with van der Waals surface area (Å²) in [6.45, 7) is 6.60. The van der Waals surface area contributed by atoms with Crippen LogP contribution in [0.1, 0.15) is 26.3 Å². The van der Waals surface area contributed by atoms with Gasteiger partial charge >= 0.3 is 0 Å². The highest BCUT2D eigenvalue weighted by molar-refractivity contribution is 7.20. The minimum absolute atomic E-state index is 0.110. The number of likely N-dealkylation sites (N-methyl/N-ethyl adjacent to an activating group) is 1. The van der Waals surface area contributed by atoms with Crippen LogP contribution < -0.4 is 20.3 Å². The first-order chi connectivity index (χ1) is 16.6. The average molecular weight is 497 g/mol. The average Bonchev–Trinajstić information content (AvgIpc) is 3.36. The molecule has 0 saturated heterocycles. The summed E-state index contributed by atoms with van der Waals surface area (Å²) in [5.74, 6) is 1.05. The number of carbonyl (C=O) groups excluding carboxylic acids is 1. The molecule has 0 aliphatic carbocycles. The van der Waals surface area contributed by atoms with E-state index in [0.717, 1.165) is 22.8 Å². The van der Waals surface area contributed by atoms with Crippen LogP contribution in [0.15, 0.2) is 48.5 Å². The first-order valence-electron chi connectivity index (χ1n) is 11.2. The molecule has 184 valence electrons. The molecule has 2 N–H and O–H groups in total. The molecule has 1 amide bonds. The number of ether oxygens (including phenoxy) is 1. The molecule has 0 aliphatic rings. The van der Waals surface area contributed by atoms with E-state index >= 15 is 0 Å². The molecule has 0 bridgehead atoms. The third kappa shape index (κ3) is 5.89. The summed E-state index contributed by atoms with van der Waals surface area (Å²) in [5, 5.41) is 11.7. The van der Waals surface area contributed by atoms with Gasteiger partial charge in [0.05, 0.1) is 13.7 Å². The number of methoxy groups -OCH3 is 1. The number of nitrogens with zero attached hydrogens (tertiary/aromatic N) is 4. The molecule has 0 saturated carbocycles. The quantitative estimate of drug-likeness (QED) is 0.372. The molecule has 2 aromatic carbocycles. The number of anilines is 2. The fourth-order valence-corrected chi connectivity index (χ4v) is 4.36. The summed E-state index contributed by atoms with van der Waals surface area (Å²) in [5.41, 5.74) is 2.23. The van der Waals surface area contributed by atoms with Crippen LogP contribution in [0.2, 0.25) is 0 Å². The van der Waals surface area contributed by atoms with E-state index in [4.69, 9.17) is 14.8 Å². The number of carbonyl (C=O) groups is 1. The lowest BCUT2D eigenvalue weighted by molar-refractivity contribution is -0.119. The molecule has 2 aromatic heterocycles. The number of halogens is 1. The van der Waals surface area contributed by atoms with Crippen molar-refractivity contribution in [2.75, 3.05) is 30.9 Å². The second-order valence-corrected chi connectivity index (χ2v) is 10.2. The number of hydrogen-bond donors (Lipinski definition) is 2. The molecule has 2 heterocycles. The molecular weight excluding hydrogens is 467 g/mol. The van der Waals surface area contributed by atoms with Crippen molar-refractivity contribution in [2.45, 2.75) is 32.9 Å². The second-order valence-electron chi connectivity index (χ2n) is 9.25. The van der Waals surface area contributed by atoms with Crippen molar-refractivity contribution < 1.29 is 13.9 Å². The molecule has 35 heavy (non-hydrogen) atoms. The number of hydrogen-bond acceptors (Lipinski definition) is 7. The van der Waals surface area contributed by atoms with E-state index in [9.17, 15) is 9.18 Å². The summed E-state index contributed by atoms with van der Waals surface area (Å²) < 4.78 is 20.4.